The summed E-state index contributed by atoms with van der Waals surface area (Å²) in [7, 11) is 1.61. The minimum Gasteiger partial charge on any atom is -0.383 e. The Morgan fingerprint density at radius 3 is 3.11 bits per heavy atom. The molecule has 2 rings (SSSR count). The molecule has 1 aromatic rings. The minimum atomic E-state index is -0.448. The number of halogens is 1. The second kappa shape index (κ2) is 5.92. The highest BCUT2D eigenvalue weighted by Gasteiger charge is 2.29. The monoisotopic (exact) mass is 312 g/mol. The average Bonchev–Trinajstić information content (AvgIpc) is 2.71. The van der Waals surface area contributed by atoms with Crippen LogP contribution in [0.1, 0.15) is 11.6 Å². The standard InChI is InChI=1S/C11H13BrN4O2/c1-18-3-2-14-11-15-9(10(17)16-11)7-4-8(12)6-13-5-7/h4-6,9H,2-3H2,1H3,(H2,14,15,16,17). The molecule has 1 aliphatic heterocycles. The first-order valence-corrected chi connectivity index (χ1v) is 6.21. The van der Waals surface area contributed by atoms with Gasteiger partial charge in [-0.05, 0) is 22.0 Å². The van der Waals surface area contributed by atoms with Crippen LogP contribution >= 0.6 is 15.9 Å². The maximum atomic E-state index is 11.8. The van der Waals surface area contributed by atoms with Gasteiger partial charge in [0.05, 0.1) is 13.2 Å². The van der Waals surface area contributed by atoms with Gasteiger partial charge in [-0.3, -0.25) is 20.1 Å². The number of methoxy groups -OCH3 is 1. The molecule has 0 aromatic carbocycles. The lowest BCUT2D eigenvalue weighted by atomic mass is 10.1. The number of nitrogens with one attached hydrogen (secondary N) is 2. The number of nitrogens with zero attached hydrogens (tertiary/aromatic N) is 2. The Hall–Kier alpha value is -1.47. The van der Waals surface area contributed by atoms with E-state index in [9.17, 15) is 4.79 Å². The van der Waals surface area contributed by atoms with Crippen LogP contribution in [0.5, 0.6) is 0 Å². The van der Waals surface area contributed by atoms with Gasteiger partial charge in [0.1, 0.15) is 6.04 Å². The summed E-state index contributed by atoms with van der Waals surface area (Å²) in [6, 6.07) is 1.40. The van der Waals surface area contributed by atoms with Gasteiger partial charge in [-0.15, -0.1) is 0 Å². The molecule has 1 fully saturated rings. The molecule has 6 nitrogen and oxygen atoms in total. The Morgan fingerprint density at radius 2 is 2.39 bits per heavy atom. The van der Waals surface area contributed by atoms with E-state index in [1.54, 1.807) is 19.5 Å². The first-order valence-electron chi connectivity index (χ1n) is 5.42. The van der Waals surface area contributed by atoms with Crippen molar-refractivity contribution in [2.45, 2.75) is 6.04 Å². The molecule has 18 heavy (non-hydrogen) atoms. The van der Waals surface area contributed by atoms with Crippen molar-refractivity contribution in [3.8, 4) is 0 Å². The van der Waals surface area contributed by atoms with Gasteiger partial charge < -0.3 is 10.1 Å². The van der Waals surface area contributed by atoms with E-state index < -0.39 is 6.04 Å². The number of guanidine groups is 1. The van der Waals surface area contributed by atoms with Crippen LogP contribution in [-0.4, -0.2) is 37.1 Å². The summed E-state index contributed by atoms with van der Waals surface area (Å²) in [6.45, 7) is 1.02. The summed E-state index contributed by atoms with van der Waals surface area (Å²) in [5, 5.41) is 5.70. The molecule has 2 heterocycles. The third-order valence-electron chi connectivity index (χ3n) is 2.41. The number of aromatic nitrogens is 1. The van der Waals surface area contributed by atoms with E-state index in [-0.39, 0.29) is 5.91 Å². The third kappa shape index (κ3) is 3.05. The number of rotatable bonds is 4. The predicted molar refractivity (Wildman–Crippen MR) is 70.1 cm³/mol. The van der Waals surface area contributed by atoms with Gasteiger partial charge in [0, 0.05) is 29.5 Å². The molecule has 7 heteroatoms. The maximum absolute atomic E-state index is 11.8. The Kier molecular flexibility index (Phi) is 4.27. The molecular weight excluding hydrogens is 300 g/mol. The Balaban J connectivity index is 2.07. The number of carbonyl (C=O) groups excluding carboxylic acids is 1. The largest absolute Gasteiger partial charge is 0.383 e. The first kappa shape index (κ1) is 13.0. The highest BCUT2D eigenvalue weighted by atomic mass is 79.9. The number of aliphatic imine (C=N–C) groups is 1. The molecule has 0 bridgehead atoms. The molecule has 0 spiro atoms. The summed E-state index contributed by atoms with van der Waals surface area (Å²) in [5.41, 5.74) is 0.791. The van der Waals surface area contributed by atoms with Gasteiger partial charge in [-0.1, -0.05) is 0 Å². The van der Waals surface area contributed by atoms with Crippen molar-refractivity contribution in [1.82, 2.24) is 15.6 Å². The molecule has 1 amide bonds. The average molecular weight is 313 g/mol. The summed E-state index contributed by atoms with van der Waals surface area (Å²) in [4.78, 5) is 20.0. The summed E-state index contributed by atoms with van der Waals surface area (Å²) in [5.74, 6) is 0.341. The van der Waals surface area contributed by atoms with Crippen molar-refractivity contribution in [2.24, 2.45) is 4.99 Å². The number of hydrogen-bond donors (Lipinski definition) is 2. The first-order chi connectivity index (χ1) is 8.70. The number of carbonyl (C=O) groups is 1. The van der Waals surface area contributed by atoms with Crippen molar-refractivity contribution < 1.29 is 9.53 Å². The van der Waals surface area contributed by atoms with Gasteiger partial charge in [-0.25, -0.2) is 0 Å². The van der Waals surface area contributed by atoms with E-state index in [0.29, 0.717) is 19.1 Å². The molecule has 1 saturated heterocycles. The molecule has 0 aliphatic carbocycles. The highest BCUT2D eigenvalue weighted by Crippen LogP contribution is 2.19. The molecule has 0 radical (unpaired) electrons. The van der Waals surface area contributed by atoms with Crippen LogP contribution in [-0.2, 0) is 9.53 Å². The van der Waals surface area contributed by atoms with Gasteiger partial charge in [0.15, 0.2) is 5.96 Å². The normalized spacial score (nSPS) is 20.9. The SMILES string of the molecule is COCCN=C1NC(=O)C(c2cncc(Br)c2)N1. The molecule has 1 atom stereocenters. The fourth-order valence-corrected chi connectivity index (χ4v) is 1.96. The second-order valence-corrected chi connectivity index (χ2v) is 4.64. The predicted octanol–water partition coefficient (Wildman–Crippen LogP) is 0.607. The molecule has 1 aromatic heterocycles. The molecule has 96 valence electrons. The van der Waals surface area contributed by atoms with E-state index in [1.807, 2.05) is 6.07 Å². The van der Waals surface area contributed by atoms with Crippen molar-refractivity contribution in [3.63, 3.8) is 0 Å². The van der Waals surface area contributed by atoms with Crippen molar-refractivity contribution in [2.75, 3.05) is 20.3 Å². The lowest BCUT2D eigenvalue weighted by molar-refractivity contribution is -0.120. The van der Waals surface area contributed by atoms with E-state index >= 15 is 0 Å². The Bertz CT molecular complexity index is 478. The lowest BCUT2D eigenvalue weighted by Crippen LogP contribution is -2.26. The van der Waals surface area contributed by atoms with Crippen molar-refractivity contribution in [1.29, 1.82) is 0 Å². The number of ether oxygens (including phenoxy) is 1. The highest BCUT2D eigenvalue weighted by molar-refractivity contribution is 9.10. The van der Waals surface area contributed by atoms with Crippen LogP contribution in [0.15, 0.2) is 27.9 Å². The molecule has 1 aliphatic rings. The molecular formula is C11H13BrN4O2. The van der Waals surface area contributed by atoms with Crippen LogP contribution in [0, 0.1) is 0 Å². The molecule has 2 N–H and O–H groups in total. The van der Waals surface area contributed by atoms with Gasteiger partial charge in [0.25, 0.3) is 5.91 Å². The summed E-state index contributed by atoms with van der Waals surface area (Å²) < 4.78 is 5.72. The van der Waals surface area contributed by atoms with E-state index in [0.717, 1.165) is 10.0 Å². The third-order valence-corrected chi connectivity index (χ3v) is 2.84. The smallest absolute Gasteiger partial charge is 0.253 e. The van der Waals surface area contributed by atoms with Crippen LogP contribution < -0.4 is 10.6 Å². The maximum Gasteiger partial charge on any atom is 0.253 e. The Labute approximate surface area is 113 Å². The van der Waals surface area contributed by atoms with Gasteiger partial charge in [0.2, 0.25) is 0 Å². The van der Waals surface area contributed by atoms with Crippen molar-refractivity contribution in [3.05, 3.63) is 28.5 Å². The lowest BCUT2D eigenvalue weighted by Gasteiger charge is -2.07. The van der Waals surface area contributed by atoms with Gasteiger partial charge >= 0.3 is 0 Å². The van der Waals surface area contributed by atoms with Gasteiger partial charge in [-0.2, -0.15) is 0 Å². The summed E-state index contributed by atoms with van der Waals surface area (Å²) in [6.07, 6.45) is 3.32. The zero-order valence-corrected chi connectivity index (χ0v) is 11.4. The van der Waals surface area contributed by atoms with E-state index in [1.165, 1.54) is 0 Å². The molecule has 1 unspecified atom stereocenters. The van der Waals surface area contributed by atoms with Crippen LogP contribution in [0.25, 0.3) is 0 Å². The quantitative estimate of drug-likeness (QED) is 0.799. The van der Waals surface area contributed by atoms with Crippen LogP contribution in [0.4, 0.5) is 0 Å². The number of hydrogen-bond acceptors (Lipinski definition) is 4. The number of amides is 1. The Morgan fingerprint density at radius 1 is 1.56 bits per heavy atom. The minimum absolute atomic E-state index is 0.133. The zero-order valence-electron chi connectivity index (χ0n) is 9.81. The molecule has 0 saturated carbocycles. The van der Waals surface area contributed by atoms with E-state index in [4.69, 9.17) is 4.74 Å². The topological polar surface area (TPSA) is 75.6 Å². The zero-order chi connectivity index (χ0) is 13.0. The fourth-order valence-electron chi connectivity index (χ4n) is 1.58. The van der Waals surface area contributed by atoms with Crippen molar-refractivity contribution >= 4 is 27.8 Å². The second-order valence-electron chi connectivity index (χ2n) is 3.73. The fraction of sp³-hybridized carbons (Fsp3) is 0.364. The number of pyridine rings is 1. The summed E-state index contributed by atoms with van der Waals surface area (Å²) >= 11 is 3.33. The van der Waals surface area contributed by atoms with E-state index in [2.05, 4.69) is 36.5 Å². The van der Waals surface area contributed by atoms with Crippen LogP contribution in [0.3, 0.4) is 0 Å². The van der Waals surface area contributed by atoms with Crippen LogP contribution in [0.2, 0.25) is 0 Å².